The SMILES string of the molecule is CCC(N=O)/C(C)=C/c1ccsc1. The molecule has 1 heterocycles. The van der Waals surface area contributed by atoms with Gasteiger partial charge in [0.05, 0.1) is 0 Å². The van der Waals surface area contributed by atoms with E-state index >= 15 is 0 Å². The molecule has 1 unspecified atom stereocenters. The van der Waals surface area contributed by atoms with Crippen LogP contribution in [0, 0.1) is 4.91 Å². The molecule has 1 aromatic heterocycles. The molecule has 1 rings (SSSR count). The third-order valence-electron chi connectivity index (χ3n) is 1.98. The van der Waals surface area contributed by atoms with E-state index in [1.165, 1.54) is 0 Å². The van der Waals surface area contributed by atoms with Gasteiger partial charge >= 0.3 is 0 Å². The molecule has 0 bridgehead atoms. The van der Waals surface area contributed by atoms with Crippen LogP contribution in [0.3, 0.4) is 0 Å². The van der Waals surface area contributed by atoms with Crippen LogP contribution < -0.4 is 0 Å². The van der Waals surface area contributed by atoms with E-state index in [0.29, 0.717) is 0 Å². The fraction of sp³-hybridized carbons (Fsp3) is 0.400. The molecule has 0 N–H and O–H groups in total. The van der Waals surface area contributed by atoms with Gasteiger partial charge in [-0.2, -0.15) is 16.2 Å². The highest BCUT2D eigenvalue weighted by Gasteiger charge is 2.07. The first kappa shape index (κ1) is 10.1. The van der Waals surface area contributed by atoms with Crippen molar-refractivity contribution in [2.24, 2.45) is 5.18 Å². The number of rotatable bonds is 4. The molecule has 0 aliphatic heterocycles. The second-order valence-corrected chi connectivity index (χ2v) is 3.75. The predicted molar refractivity (Wildman–Crippen MR) is 57.8 cm³/mol. The van der Waals surface area contributed by atoms with Gasteiger partial charge in [-0.05, 0) is 41.3 Å². The summed E-state index contributed by atoms with van der Waals surface area (Å²) >= 11 is 1.66. The Morgan fingerprint density at radius 3 is 3.00 bits per heavy atom. The van der Waals surface area contributed by atoms with E-state index < -0.39 is 0 Å². The molecule has 0 aliphatic carbocycles. The van der Waals surface area contributed by atoms with E-state index in [-0.39, 0.29) is 6.04 Å². The van der Waals surface area contributed by atoms with Crippen LogP contribution in [0.5, 0.6) is 0 Å². The lowest BCUT2D eigenvalue weighted by Gasteiger charge is -2.04. The summed E-state index contributed by atoms with van der Waals surface area (Å²) in [5.74, 6) is 0. The molecule has 0 saturated heterocycles. The third kappa shape index (κ3) is 2.77. The maximum absolute atomic E-state index is 10.4. The van der Waals surface area contributed by atoms with Crippen LogP contribution in [0.4, 0.5) is 0 Å². The first-order valence-electron chi connectivity index (χ1n) is 4.30. The highest BCUT2D eigenvalue weighted by Crippen LogP contribution is 2.16. The molecule has 3 heteroatoms. The van der Waals surface area contributed by atoms with E-state index in [0.717, 1.165) is 17.6 Å². The molecule has 0 amide bonds. The zero-order valence-electron chi connectivity index (χ0n) is 7.86. The number of nitrogens with zero attached hydrogens (tertiary/aromatic N) is 1. The van der Waals surface area contributed by atoms with E-state index in [1.807, 2.05) is 31.4 Å². The Balaban J connectivity index is 2.76. The smallest absolute Gasteiger partial charge is 0.113 e. The summed E-state index contributed by atoms with van der Waals surface area (Å²) in [7, 11) is 0. The molecule has 0 aromatic carbocycles. The van der Waals surface area contributed by atoms with Crippen LogP contribution in [0.15, 0.2) is 27.6 Å². The minimum Gasteiger partial charge on any atom is -0.152 e. The summed E-state index contributed by atoms with van der Waals surface area (Å²) in [6.45, 7) is 3.92. The first-order chi connectivity index (χ1) is 6.27. The molecule has 0 fully saturated rings. The van der Waals surface area contributed by atoms with Crippen LogP contribution in [-0.2, 0) is 0 Å². The quantitative estimate of drug-likeness (QED) is 0.673. The van der Waals surface area contributed by atoms with Gasteiger partial charge in [0, 0.05) is 0 Å². The maximum Gasteiger partial charge on any atom is 0.113 e. The van der Waals surface area contributed by atoms with Crippen molar-refractivity contribution in [2.75, 3.05) is 0 Å². The Morgan fingerprint density at radius 2 is 2.54 bits per heavy atom. The minimum atomic E-state index is -0.167. The van der Waals surface area contributed by atoms with Crippen LogP contribution in [0.25, 0.3) is 6.08 Å². The monoisotopic (exact) mass is 195 g/mol. The lowest BCUT2D eigenvalue weighted by molar-refractivity contribution is 0.740. The standard InChI is InChI=1S/C10H13NOS/c1-3-10(11-12)8(2)6-9-4-5-13-7-9/h4-7,10H,3H2,1-2H3/b8-6+. The normalized spacial score (nSPS) is 14.2. The second kappa shape index (κ2) is 4.92. The van der Waals surface area contributed by atoms with Gasteiger partial charge in [0.1, 0.15) is 6.04 Å². The summed E-state index contributed by atoms with van der Waals surface area (Å²) in [6, 6.07) is 1.87. The molecule has 70 valence electrons. The van der Waals surface area contributed by atoms with Crippen molar-refractivity contribution in [3.05, 3.63) is 32.9 Å². The van der Waals surface area contributed by atoms with Gasteiger partial charge in [0.25, 0.3) is 0 Å². The summed E-state index contributed by atoms with van der Waals surface area (Å²) < 4.78 is 0. The van der Waals surface area contributed by atoms with Crippen LogP contribution in [0.1, 0.15) is 25.8 Å². The molecule has 0 saturated carbocycles. The Hall–Kier alpha value is -0.960. The predicted octanol–water partition coefficient (Wildman–Crippen LogP) is 3.70. The van der Waals surface area contributed by atoms with Crippen molar-refractivity contribution < 1.29 is 0 Å². The number of hydrogen-bond donors (Lipinski definition) is 0. The van der Waals surface area contributed by atoms with Crippen LogP contribution >= 0.6 is 11.3 Å². The summed E-state index contributed by atoms with van der Waals surface area (Å²) in [5, 5.41) is 7.15. The number of hydrogen-bond acceptors (Lipinski definition) is 3. The minimum absolute atomic E-state index is 0.167. The Kier molecular flexibility index (Phi) is 3.83. The second-order valence-electron chi connectivity index (χ2n) is 2.97. The Labute approximate surface area is 82.3 Å². The average Bonchev–Trinajstić information content (AvgIpc) is 2.59. The van der Waals surface area contributed by atoms with Gasteiger partial charge in [-0.15, -0.1) is 0 Å². The van der Waals surface area contributed by atoms with E-state index in [2.05, 4.69) is 10.6 Å². The topological polar surface area (TPSA) is 29.4 Å². The van der Waals surface area contributed by atoms with Crippen molar-refractivity contribution in [3.8, 4) is 0 Å². The van der Waals surface area contributed by atoms with Gasteiger partial charge in [0.2, 0.25) is 0 Å². The molecule has 0 aliphatic rings. The van der Waals surface area contributed by atoms with Crippen molar-refractivity contribution in [1.82, 2.24) is 0 Å². The van der Waals surface area contributed by atoms with Crippen molar-refractivity contribution in [1.29, 1.82) is 0 Å². The third-order valence-corrected chi connectivity index (χ3v) is 2.68. The maximum atomic E-state index is 10.4. The Bertz CT molecular complexity index is 290. The summed E-state index contributed by atoms with van der Waals surface area (Å²) in [4.78, 5) is 10.4. The number of nitroso groups, excluding NO2 is 1. The van der Waals surface area contributed by atoms with Gasteiger partial charge in [-0.3, -0.25) is 0 Å². The molecular weight excluding hydrogens is 182 g/mol. The molecule has 13 heavy (non-hydrogen) atoms. The van der Waals surface area contributed by atoms with Crippen molar-refractivity contribution in [3.63, 3.8) is 0 Å². The summed E-state index contributed by atoms with van der Waals surface area (Å²) in [5.41, 5.74) is 2.19. The lowest BCUT2D eigenvalue weighted by Crippen LogP contribution is -2.02. The van der Waals surface area contributed by atoms with E-state index in [9.17, 15) is 4.91 Å². The molecular formula is C10H13NOS. The van der Waals surface area contributed by atoms with Crippen molar-refractivity contribution in [2.45, 2.75) is 26.3 Å². The van der Waals surface area contributed by atoms with Crippen LogP contribution in [0.2, 0.25) is 0 Å². The molecule has 0 spiro atoms. The average molecular weight is 195 g/mol. The number of thiophene rings is 1. The van der Waals surface area contributed by atoms with Gasteiger partial charge in [-0.25, -0.2) is 0 Å². The highest BCUT2D eigenvalue weighted by atomic mass is 32.1. The first-order valence-corrected chi connectivity index (χ1v) is 5.25. The molecule has 1 aromatic rings. The summed E-state index contributed by atoms with van der Waals surface area (Å²) in [6.07, 6.45) is 2.79. The fourth-order valence-electron chi connectivity index (χ4n) is 1.20. The fourth-order valence-corrected chi connectivity index (χ4v) is 1.81. The molecule has 0 radical (unpaired) electrons. The van der Waals surface area contributed by atoms with Crippen LogP contribution in [-0.4, -0.2) is 6.04 Å². The zero-order valence-corrected chi connectivity index (χ0v) is 8.67. The zero-order chi connectivity index (χ0) is 9.68. The van der Waals surface area contributed by atoms with Crippen molar-refractivity contribution >= 4 is 17.4 Å². The van der Waals surface area contributed by atoms with E-state index in [1.54, 1.807) is 11.3 Å². The molecule has 1 atom stereocenters. The largest absolute Gasteiger partial charge is 0.152 e. The van der Waals surface area contributed by atoms with Gasteiger partial charge < -0.3 is 0 Å². The Morgan fingerprint density at radius 1 is 1.77 bits per heavy atom. The van der Waals surface area contributed by atoms with Gasteiger partial charge in [-0.1, -0.05) is 18.2 Å². The van der Waals surface area contributed by atoms with Gasteiger partial charge in [0.15, 0.2) is 0 Å². The lowest BCUT2D eigenvalue weighted by atomic mass is 10.1. The molecule has 2 nitrogen and oxygen atoms in total. The highest BCUT2D eigenvalue weighted by molar-refractivity contribution is 7.08. The van der Waals surface area contributed by atoms with E-state index in [4.69, 9.17) is 0 Å².